The number of amides is 1. The molecule has 4 aromatic rings. The van der Waals surface area contributed by atoms with Crippen LogP contribution in [0.5, 0.6) is 5.75 Å². The van der Waals surface area contributed by atoms with Gasteiger partial charge in [0.25, 0.3) is 0 Å². The Morgan fingerprint density at radius 3 is 2.56 bits per heavy atom. The molecule has 11 heteroatoms. The Balaban J connectivity index is 1.38. The van der Waals surface area contributed by atoms with E-state index in [4.69, 9.17) is 4.74 Å². The lowest BCUT2D eigenvalue weighted by Gasteiger charge is -2.26. The molecule has 4 N–H and O–H groups in total. The topological polar surface area (TPSA) is 134 Å². The van der Waals surface area contributed by atoms with Crippen molar-refractivity contribution in [2.45, 2.75) is 30.6 Å². The van der Waals surface area contributed by atoms with Crippen LogP contribution in [0, 0.1) is 0 Å². The van der Waals surface area contributed by atoms with E-state index in [-0.39, 0.29) is 17.3 Å². The normalized spacial score (nSPS) is 14.7. The van der Waals surface area contributed by atoms with Crippen LogP contribution in [0.2, 0.25) is 0 Å². The average Bonchev–Trinajstić information content (AvgIpc) is 2.97. The molecule has 1 amide bonds. The van der Waals surface area contributed by atoms with Gasteiger partial charge in [0.05, 0.1) is 17.4 Å². The second-order valence-electron chi connectivity index (χ2n) is 10.1. The lowest BCUT2D eigenvalue weighted by Crippen LogP contribution is -2.35. The molecule has 3 aromatic carbocycles. The summed E-state index contributed by atoms with van der Waals surface area (Å²) in [5.74, 6) is 1.44. The highest BCUT2D eigenvalue weighted by atomic mass is 32.2. The van der Waals surface area contributed by atoms with Gasteiger partial charge in [-0.1, -0.05) is 36.4 Å². The van der Waals surface area contributed by atoms with Crippen molar-refractivity contribution < 1.29 is 17.9 Å². The maximum absolute atomic E-state index is 13.3. The van der Waals surface area contributed by atoms with Gasteiger partial charge in [-0.15, -0.1) is 0 Å². The second kappa shape index (κ2) is 11.6. The van der Waals surface area contributed by atoms with Crippen molar-refractivity contribution in [2.75, 3.05) is 36.1 Å². The Labute approximate surface area is 239 Å². The van der Waals surface area contributed by atoms with Crippen LogP contribution in [0.3, 0.4) is 0 Å². The van der Waals surface area contributed by atoms with E-state index in [1.54, 1.807) is 37.6 Å². The third-order valence-corrected chi connectivity index (χ3v) is 8.39. The average molecular weight is 573 g/mol. The third kappa shape index (κ3) is 6.16. The van der Waals surface area contributed by atoms with Gasteiger partial charge in [0, 0.05) is 41.8 Å². The summed E-state index contributed by atoms with van der Waals surface area (Å²) in [7, 11) is -2.03. The molecule has 1 aliphatic heterocycles. The molecule has 0 unspecified atom stereocenters. The lowest BCUT2D eigenvalue weighted by atomic mass is 9.83. The smallest absolute Gasteiger partial charge is 0.240 e. The molecule has 1 aliphatic rings. The number of carbonyl (C=O) groups is 1. The van der Waals surface area contributed by atoms with Gasteiger partial charge in [-0.05, 0) is 62.2 Å². The van der Waals surface area contributed by atoms with Crippen LogP contribution in [-0.4, -0.2) is 44.5 Å². The van der Waals surface area contributed by atoms with Gasteiger partial charge in [0.2, 0.25) is 21.9 Å². The molecule has 4 bridgehead atoms. The summed E-state index contributed by atoms with van der Waals surface area (Å²) in [5, 5.41) is 9.42. The zero-order valence-electron chi connectivity index (χ0n) is 23.1. The van der Waals surface area contributed by atoms with Crippen molar-refractivity contribution in [1.82, 2.24) is 14.7 Å². The first kappa shape index (κ1) is 28.1. The molecule has 0 fully saturated rings. The van der Waals surface area contributed by atoms with Crippen molar-refractivity contribution in [3.8, 4) is 16.9 Å². The van der Waals surface area contributed by atoms with E-state index in [2.05, 4.69) is 30.6 Å². The van der Waals surface area contributed by atoms with Gasteiger partial charge in [0.1, 0.15) is 11.6 Å². The zero-order valence-corrected chi connectivity index (χ0v) is 23.9. The predicted molar refractivity (Wildman–Crippen MR) is 160 cm³/mol. The SMILES string of the molecule is COc1ccccc1C(C)(C)C(=O)Nc1ccc(-c2cnc3nc2NCCCNS(=O)(=O)c2cccc(c2)N3)cc1. The molecule has 0 atom stereocenters. The van der Waals surface area contributed by atoms with Crippen LogP contribution in [0.1, 0.15) is 25.8 Å². The summed E-state index contributed by atoms with van der Waals surface area (Å²) < 4.78 is 33.4. The van der Waals surface area contributed by atoms with Crippen LogP contribution >= 0.6 is 0 Å². The molecule has 10 nitrogen and oxygen atoms in total. The number of carbonyl (C=O) groups excluding carboxylic acids is 1. The van der Waals surface area contributed by atoms with Crippen LogP contribution in [0.25, 0.3) is 11.1 Å². The third-order valence-electron chi connectivity index (χ3n) is 6.93. The number of ether oxygens (including phenoxy) is 1. The number of nitrogens with one attached hydrogen (secondary N) is 4. The van der Waals surface area contributed by atoms with Crippen molar-refractivity contribution in [3.05, 3.63) is 84.6 Å². The summed E-state index contributed by atoms with van der Waals surface area (Å²) in [6, 6.07) is 21.5. The first-order valence-corrected chi connectivity index (χ1v) is 14.7. The largest absolute Gasteiger partial charge is 0.496 e. The summed E-state index contributed by atoms with van der Waals surface area (Å²) in [5.41, 5.74) is 2.81. The fourth-order valence-corrected chi connectivity index (χ4v) is 5.67. The molecular weight excluding hydrogens is 540 g/mol. The maximum atomic E-state index is 13.3. The van der Waals surface area contributed by atoms with E-state index in [1.807, 2.05) is 62.4 Å². The number of benzene rings is 3. The molecule has 0 radical (unpaired) electrons. The number of methoxy groups -OCH3 is 1. The molecule has 5 rings (SSSR count). The van der Waals surface area contributed by atoms with E-state index in [0.29, 0.717) is 41.9 Å². The Bertz CT molecular complexity index is 1670. The highest BCUT2D eigenvalue weighted by Gasteiger charge is 2.32. The van der Waals surface area contributed by atoms with Crippen LogP contribution in [0.15, 0.2) is 83.9 Å². The minimum atomic E-state index is -3.62. The highest BCUT2D eigenvalue weighted by molar-refractivity contribution is 7.89. The van der Waals surface area contributed by atoms with Gasteiger partial charge >= 0.3 is 0 Å². The first-order chi connectivity index (χ1) is 19.7. The predicted octanol–water partition coefficient (Wildman–Crippen LogP) is 4.91. The molecule has 0 aliphatic carbocycles. The van der Waals surface area contributed by atoms with E-state index >= 15 is 0 Å². The minimum absolute atomic E-state index is 0.159. The number of rotatable bonds is 5. The minimum Gasteiger partial charge on any atom is -0.496 e. The van der Waals surface area contributed by atoms with Crippen molar-refractivity contribution in [1.29, 1.82) is 0 Å². The standard InChI is InChI=1S/C30H32N6O4S/c1-30(2,25-10-4-5-11-26(25)40-3)28(37)34-21-14-12-20(13-15-21)24-19-32-29-35-22-8-6-9-23(18-22)41(38,39)33-17-7-16-31-27(24)36-29/h4-6,8-15,18-19,33H,7,16-17H2,1-3H3,(H,34,37)(H2,31,32,35,36). The maximum Gasteiger partial charge on any atom is 0.240 e. The van der Waals surface area contributed by atoms with E-state index in [1.165, 1.54) is 0 Å². The number of hydrogen-bond donors (Lipinski definition) is 4. The zero-order chi connectivity index (χ0) is 29.0. The van der Waals surface area contributed by atoms with Gasteiger partial charge in [0.15, 0.2) is 0 Å². The highest BCUT2D eigenvalue weighted by Crippen LogP contribution is 2.33. The molecule has 2 heterocycles. The Morgan fingerprint density at radius 1 is 1.00 bits per heavy atom. The number of sulfonamides is 1. The molecule has 212 valence electrons. The number of nitrogens with zero attached hydrogens (tertiary/aromatic N) is 2. The monoisotopic (exact) mass is 572 g/mol. The van der Waals surface area contributed by atoms with Crippen LogP contribution in [0.4, 0.5) is 23.1 Å². The van der Waals surface area contributed by atoms with Gasteiger partial charge < -0.3 is 20.7 Å². The summed E-state index contributed by atoms with van der Waals surface area (Å²) in [4.78, 5) is 22.6. The van der Waals surface area contributed by atoms with Gasteiger partial charge in [-0.25, -0.2) is 18.1 Å². The van der Waals surface area contributed by atoms with E-state index in [9.17, 15) is 13.2 Å². The van der Waals surface area contributed by atoms with Crippen molar-refractivity contribution in [2.24, 2.45) is 0 Å². The number of anilines is 4. The summed E-state index contributed by atoms with van der Waals surface area (Å²) in [6.45, 7) is 4.50. The quantitative estimate of drug-likeness (QED) is 0.265. The molecule has 0 saturated heterocycles. The molecule has 0 saturated carbocycles. The van der Waals surface area contributed by atoms with Crippen LogP contribution in [-0.2, 0) is 20.2 Å². The number of para-hydroxylation sites is 1. The molecule has 0 spiro atoms. The van der Waals surface area contributed by atoms with E-state index < -0.39 is 15.4 Å². The van der Waals surface area contributed by atoms with Gasteiger partial charge in [-0.2, -0.15) is 4.98 Å². The number of hydrogen-bond acceptors (Lipinski definition) is 8. The fourth-order valence-electron chi connectivity index (χ4n) is 4.55. The fraction of sp³-hybridized carbons (Fsp3) is 0.233. The lowest BCUT2D eigenvalue weighted by molar-refractivity contribution is -0.120. The molecule has 1 aromatic heterocycles. The molecule has 41 heavy (non-hydrogen) atoms. The Hall–Kier alpha value is -4.48. The first-order valence-electron chi connectivity index (χ1n) is 13.2. The Morgan fingerprint density at radius 2 is 1.78 bits per heavy atom. The van der Waals surface area contributed by atoms with Gasteiger partial charge in [-0.3, -0.25) is 4.79 Å². The van der Waals surface area contributed by atoms with E-state index in [0.717, 1.165) is 16.7 Å². The number of aromatic nitrogens is 2. The summed E-state index contributed by atoms with van der Waals surface area (Å²) >= 11 is 0. The summed E-state index contributed by atoms with van der Waals surface area (Å²) in [6.07, 6.45) is 2.27. The van der Waals surface area contributed by atoms with Crippen LogP contribution < -0.4 is 25.4 Å². The number of fused-ring (bicyclic) bond motifs is 4. The molecular formula is C30H32N6O4S. The second-order valence-corrected chi connectivity index (χ2v) is 11.9. The Kier molecular flexibility index (Phi) is 7.91. The van der Waals surface area contributed by atoms with Crippen molar-refractivity contribution >= 4 is 39.1 Å². The van der Waals surface area contributed by atoms with Crippen molar-refractivity contribution in [3.63, 3.8) is 0 Å².